The minimum absolute atomic E-state index is 0.323. The van der Waals surface area contributed by atoms with Crippen LogP contribution in [0.3, 0.4) is 0 Å². The van der Waals surface area contributed by atoms with Gasteiger partial charge in [-0.15, -0.1) is 0 Å². The maximum atomic E-state index is 14.0. The molecule has 28 heavy (non-hydrogen) atoms. The number of para-hydroxylation sites is 1. The summed E-state index contributed by atoms with van der Waals surface area (Å²) >= 11 is 11.9. The van der Waals surface area contributed by atoms with Crippen molar-refractivity contribution in [2.45, 2.75) is 13.0 Å². The van der Waals surface area contributed by atoms with Gasteiger partial charge in [-0.1, -0.05) is 41.9 Å². The van der Waals surface area contributed by atoms with E-state index in [0.717, 1.165) is 51.4 Å². The Kier molecular flexibility index (Phi) is 8.03. The predicted molar refractivity (Wildman–Crippen MR) is 116 cm³/mol. The fourth-order valence-electron chi connectivity index (χ4n) is 3.15. The molecule has 2 aromatic rings. The highest BCUT2D eigenvalue weighted by Gasteiger charge is 2.15. The van der Waals surface area contributed by atoms with Gasteiger partial charge in [-0.3, -0.25) is 4.90 Å². The molecule has 1 saturated heterocycles. The van der Waals surface area contributed by atoms with Crippen molar-refractivity contribution in [1.29, 1.82) is 0 Å². The third-order valence-corrected chi connectivity index (χ3v) is 5.46. The number of thiocarbonyl (C=S) groups is 1. The Labute approximate surface area is 176 Å². The summed E-state index contributed by atoms with van der Waals surface area (Å²) in [5.41, 5.74) is 1.37. The summed E-state index contributed by atoms with van der Waals surface area (Å²) in [7, 11) is 0. The molecule has 0 atom stereocenters. The molecule has 1 aliphatic rings. The summed E-state index contributed by atoms with van der Waals surface area (Å²) in [4.78, 5) is 4.44. The number of nitrogens with one attached hydrogen (secondary N) is 1. The Morgan fingerprint density at radius 1 is 1.14 bits per heavy atom. The summed E-state index contributed by atoms with van der Waals surface area (Å²) in [6, 6.07) is 14.3. The molecule has 1 fully saturated rings. The first-order valence-corrected chi connectivity index (χ1v) is 10.3. The SMILES string of the molecule is Fc1ccccc1NC(=S)N(CCCN1CCOCC1)Cc1ccccc1Cl. The molecule has 0 spiro atoms. The molecular weight excluding hydrogens is 397 g/mol. The van der Waals surface area contributed by atoms with Crippen LogP contribution in [0.15, 0.2) is 48.5 Å². The van der Waals surface area contributed by atoms with Gasteiger partial charge in [0.1, 0.15) is 5.82 Å². The third-order valence-electron chi connectivity index (χ3n) is 4.73. The summed E-state index contributed by atoms with van der Waals surface area (Å²) in [5.74, 6) is -0.323. The topological polar surface area (TPSA) is 27.7 Å². The first-order valence-electron chi connectivity index (χ1n) is 9.47. The van der Waals surface area contributed by atoms with E-state index in [1.54, 1.807) is 18.2 Å². The van der Waals surface area contributed by atoms with Gasteiger partial charge in [-0.05, 0) is 42.4 Å². The second-order valence-corrected chi connectivity index (χ2v) is 7.52. The van der Waals surface area contributed by atoms with Gasteiger partial charge in [0.15, 0.2) is 5.11 Å². The zero-order chi connectivity index (χ0) is 19.8. The molecule has 0 saturated carbocycles. The maximum absolute atomic E-state index is 14.0. The zero-order valence-electron chi connectivity index (χ0n) is 15.7. The van der Waals surface area contributed by atoms with E-state index in [0.29, 0.717) is 22.4 Å². The lowest BCUT2D eigenvalue weighted by Crippen LogP contribution is -2.40. The van der Waals surface area contributed by atoms with E-state index in [1.807, 2.05) is 29.2 Å². The van der Waals surface area contributed by atoms with Gasteiger partial charge >= 0.3 is 0 Å². The number of nitrogens with zero attached hydrogens (tertiary/aromatic N) is 2. The van der Waals surface area contributed by atoms with Crippen molar-refractivity contribution in [3.05, 3.63) is 64.9 Å². The van der Waals surface area contributed by atoms with Crippen molar-refractivity contribution in [1.82, 2.24) is 9.80 Å². The number of halogens is 2. The molecule has 0 unspecified atom stereocenters. The molecule has 0 bridgehead atoms. The average Bonchev–Trinajstić information content (AvgIpc) is 2.71. The molecule has 1 aliphatic heterocycles. The molecule has 0 aromatic heterocycles. The molecule has 0 radical (unpaired) electrons. The van der Waals surface area contributed by atoms with E-state index >= 15 is 0 Å². The van der Waals surface area contributed by atoms with Crippen LogP contribution < -0.4 is 5.32 Å². The monoisotopic (exact) mass is 421 g/mol. The van der Waals surface area contributed by atoms with E-state index in [9.17, 15) is 4.39 Å². The second-order valence-electron chi connectivity index (χ2n) is 6.73. The van der Waals surface area contributed by atoms with Crippen molar-refractivity contribution >= 4 is 34.6 Å². The smallest absolute Gasteiger partial charge is 0.173 e. The van der Waals surface area contributed by atoms with Crippen molar-refractivity contribution in [2.24, 2.45) is 0 Å². The standard InChI is InChI=1S/C21H25ClFN3OS/c22-18-7-2-1-6-17(18)16-26(11-5-10-25-12-14-27-15-13-25)21(28)24-20-9-4-3-8-19(20)23/h1-4,6-9H,5,10-16H2,(H,24,28). The Morgan fingerprint density at radius 3 is 2.61 bits per heavy atom. The van der Waals surface area contributed by atoms with Crippen molar-refractivity contribution in [2.75, 3.05) is 44.7 Å². The normalized spacial score (nSPS) is 14.6. The molecule has 1 heterocycles. The molecule has 7 heteroatoms. The lowest BCUT2D eigenvalue weighted by molar-refractivity contribution is 0.0368. The number of hydrogen-bond acceptors (Lipinski definition) is 3. The average molecular weight is 422 g/mol. The fraction of sp³-hybridized carbons (Fsp3) is 0.381. The van der Waals surface area contributed by atoms with E-state index < -0.39 is 0 Å². The van der Waals surface area contributed by atoms with Gasteiger partial charge < -0.3 is 15.0 Å². The number of rotatable bonds is 7. The number of ether oxygens (including phenoxy) is 1. The number of anilines is 1. The van der Waals surface area contributed by atoms with Gasteiger partial charge in [-0.25, -0.2) is 4.39 Å². The summed E-state index contributed by atoms with van der Waals surface area (Å²) in [5, 5.41) is 4.24. The van der Waals surface area contributed by atoms with Crippen LogP contribution in [-0.4, -0.2) is 54.3 Å². The largest absolute Gasteiger partial charge is 0.379 e. The van der Waals surface area contributed by atoms with Crippen LogP contribution in [0.2, 0.25) is 5.02 Å². The van der Waals surface area contributed by atoms with Crippen LogP contribution in [-0.2, 0) is 11.3 Å². The quantitative estimate of drug-likeness (QED) is 0.669. The summed E-state index contributed by atoms with van der Waals surface area (Å²) in [6.45, 7) is 5.80. The predicted octanol–water partition coefficient (Wildman–Crippen LogP) is 4.40. The van der Waals surface area contributed by atoms with Crippen LogP contribution in [0.4, 0.5) is 10.1 Å². The van der Waals surface area contributed by atoms with Crippen molar-refractivity contribution < 1.29 is 9.13 Å². The van der Waals surface area contributed by atoms with Gasteiger partial charge in [-0.2, -0.15) is 0 Å². The van der Waals surface area contributed by atoms with E-state index in [2.05, 4.69) is 10.2 Å². The van der Waals surface area contributed by atoms with Crippen molar-refractivity contribution in [3.63, 3.8) is 0 Å². The van der Waals surface area contributed by atoms with Crippen LogP contribution in [0, 0.1) is 5.82 Å². The molecule has 3 rings (SSSR count). The molecule has 150 valence electrons. The summed E-state index contributed by atoms with van der Waals surface area (Å²) in [6.07, 6.45) is 0.948. The number of hydrogen-bond donors (Lipinski definition) is 1. The zero-order valence-corrected chi connectivity index (χ0v) is 17.3. The van der Waals surface area contributed by atoms with Gasteiger partial charge in [0.2, 0.25) is 0 Å². The first-order chi connectivity index (χ1) is 13.6. The summed E-state index contributed by atoms with van der Waals surface area (Å²) < 4.78 is 19.4. The second kappa shape index (κ2) is 10.7. The Morgan fingerprint density at radius 2 is 1.86 bits per heavy atom. The Bertz CT molecular complexity index is 786. The maximum Gasteiger partial charge on any atom is 0.173 e. The van der Waals surface area contributed by atoms with Crippen LogP contribution >= 0.6 is 23.8 Å². The van der Waals surface area contributed by atoms with E-state index in [-0.39, 0.29) is 5.82 Å². The third kappa shape index (κ3) is 6.14. The lowest BCUT2D eigenvalue weighted by atomic mass is 10.2. The minimum atomic E-state index is -0.323. The highest BCUT2D eigenvalue weighted by Crippen LogP contribution is 2.19. The van der Waals surface area contributed by atoms with Crippen molar-refractivity contribution in [3.8, 4) is 0 Å². The molecule has 0 amide bonds. The molecule has 4 nitrogen and oxygen atoms in total. The van der Waals surface area contributed by atoms with Gasteiger partial charge in [0.25, 0.3) is 0 Å². The highest BCUT2D eigenvalue weighted by atomic mass is 35.5. The van der Waals surface area contributed by atoms with Crippen LogP contribution in [0.5, 0.6) is 0 Å². The number of morpholine rings is 1. The lowest BCUT2D eigenvalue weighted by Gasteiger charge is -2.30. The van der Waals surface area contributed by atoms with Gasteiger partial charge in [0, 0.05) is 37.7 Å². The fourth-order valence-corrected chi connectivity index (χ4v) is 3.61. The minimum Gasteiger partial charge on any atom is -0.379 e. The number of benzene rings is 2. The molecule has 2 aromatic carbocycles. The molecule has 1 N–H and O–H groups in total. The van der Waals surface area contributed by atoms with Crippen LogP contribution in [0.25, 0.3) is 0 Å². The molecular formula is C21H25ClFN3OS. The molecule has 0 aliphatic carbocycles. The first kappa shape index (κ1) is 21.0. The van der Waals surface area contributed by atoms with E-state index in [4.69, 9.17) is 28.6 Å². The Hall–Kier alpha value is -1.73. The van der Waals surface area contributed by atoms with E-state index in [1.165, 1.54) is 6.07 Å². The Balaban J connectivity index is 1.65. The highest BCUT2D eigenvalue weighted by molar-refractivity contribution is 7.80. The van der Waals surface area contributed by atoms with Gasteiger partial charge in [0.05, 0.1) is 18.9 Å². The van der Waals surface area contributed by atoms with Crippen LogP contribution in [0.1, 0.15) is 12.0 Å².